The first-order chi connectivity index (χ1) is 8.56. The van der Waals surface area contributed by atoms with Crippen molar-refractivity contribution in [3.63, 3.8) is 0 Å². The van der Waals surface area contributed by atoms with Crippen molar-refractivity contribution in [3.8, 4) is 0 Å². The summed E-state index contributed by atoms with van der Waals surface area (Å²) >= 11 is 3.33. The molecular weight excluding hydrogens is 297 g/mol. The Morgan fingerprint density at radius 3 is 2.83 bits per heavy atom. The monoisotopic (exact) mass is 311 g/mol. The van der Waals surface area contributed by atoms with E-state index in [0.717, 1.165) is 15.7 Å². The average molecular weight is 312 g/mol. The van der Waals surface area contributed by atoms with Crippen LogP contribution in [0.3, 0.4) is 0 Å². The van der Waals surface area contributed by atoms with Crippen LogP contribution in [0, 0.1) is 5.82 Å². The molecule has 18 heavy (non-hydrogen) atoms. The molecule has 5 heteroatoms. The van der Waals surface area contributed by atoms with Gasteiger partial charge in [0.15, 0.2) is 0 Å². The van der Waals surface area contributed by atoms with Gasteiger partial charge in [-0.2, -0.15) is 5.10 Å². The molecule has 0 fully saturated rings. The zero-order valence-corrected chi connectivity index (χ0v) is 11.9. The van der Waals surface area contributed by atoms with Crippen molar-refractivity contribution in [2.24, 2.45) is 0 Å². The number of rotatable bonds is 4. The fraction of sp³-hybridized carbons (Fsp3) is 0.308. The van der Waals surface area contributed by atoms with Crippen molar-refractivity contribution < 1.29 is 4.39 Å². The third-order valence-corrected chi connectivity index (χ3v) is 3.25. The lowest BCUT2D eigenvalue weighted by Gasteiger charge is -2.07. The molecule has 1 heterocycles. The Labute approximate surface area is 114 Å². The maximum absolute atomic E-state index is 12.9. The second kappa shape index (κ2) is 5.52. The van der Waals surface area contributed by atoms with Gasteiger partial charge in [-0.3, -0.25) is 4.68 Å². The van der Waals surface area contributed by atoms with Crippen LogP contribution in [0.25, 0.3) is 0 Å². The smallest absolute Gasteiger partial charge is 0.124 e. The third kappa shape index (κ3) is 3.10. The molecule has 1 aromatic carbocycles. The molecule has 0 aliphatic rings. The van der Waals surface area contributed by atoms with Crippen LogP contribution < -0.4 is 5.32 Å². The van der Waals surface area contributed by atoms with Crippen molar-refractivity contribution >= 4 is 21.6 Å². The highest BCUT2D eigenvalue weighted by molar-refractivity contribution is 9.10. The van der Waals surface area contributed by atoms with E-state index in [0.29, 0.717) is 12.6 Å². The minimum Gasteiger partial charge on any atom is -0.380 e. The molecule has 0 unspecified atom stereocenters. The number of nitrogens with one attached hydrogen (secondary N) is 1. The van der Waals surface area contributed by atoms with E-state index in [1.807, 2.05) is 17.1 Å². The Hall–Kier alpha value is -1.36. The molecule has 0 bridgehead atoms. The Kier molecular flexibility index (Phi) is 4.01. The van der Waals surface area contributed by atoms with Gasteiger partial charge in [0.1, 0.15) is 5.82 Å². The minimum absolute atomic E-state index is 0.250. The zero-order valence-electron chi connectivity index (χ0n) is 10.3. The maximum Gasteiger partial charge on any atom is 0.124 e. The molecule has 0 radical (unpaired) electrons. The lowest BCUT2D eigenvalue weighted by Crippen LogP contribution is -2.01. The van der Waals surface area contributed by atoms with Gasteiger partial charge in [-0.1, -0.05) is 0 Å². The predicted molar refractivity (Wildman–Crippen MR) is 74.0 cm³/mol. The van der Waals surface area contributed by atoms with E-state index in [2.05, 4.69) is 40.2 Å². The van der Waals surface area contributed by atoms with Crippen LogP contribution in [0.15, 0.2) is 35.1 Å². The Balaban J connectivity index is 2.02. The summed E-state index contributed by atoms with van der Waals surface area (Å²) in [4.78, 5) is 0. The summed E-state index contributed by atoms with van der Waals surface area (Å²) in [7, 11) is 0. The quantitative estimate of drug-likeness (QED) is 0.925. The second-order valence-electron chi connectivity index (χ2n) is 4.40. The van der Waals surface area contributed by atoms with Crippen molar-refractivity contribution in [2.45, 2.75) is 26.4 Å². The number of aromatic nitrogens is 2. The molecule has 1 aromatic heterocycles. The largest absolute Gasteiger partial charge is 0.380 e. The van der Waals surface area contributed by atoms with Crippen LogP contribution in [0.5, 0.6) is 0 Å². The van der Waals surface area contributed by atoms with Gasteiger partial charge in [0, 0.05) is 34.5 Å². The van der Waals surface area contributed by atoms with Crippen LogP contribution >= 0.6 is 15.9 Å². The Morgan fingerprint density at radius 1 is 1.44 bits per heavy atom. The molecule has 96 valence electrons. The summed E-state index contributed by atoms with van der Waals surface area (Å²) in [5, 5.41) is 7.51. The topological polar surface area (TPSA) is 29.9 Å². The molecule has 0 amide bonds. The van der Waals surface area contributed by atoms with Gasteiger partial charge in [0.2, 0.25) is 0 Å². The Morgan fingerprint density at radius 2 is 2.22 bits per heavy atom. The van der Waals surface area contributed by atoms with Crippen LogP contribution in [-0.4, -0.2) is 9.78 Å². The van der Waals surface area contributed by atoms with E-state index in [1.165, 1.54) is 12.1 Å². The van der Waals surface area contributed by atoms with Gasteiger partial charge < -0.3 is 5.32 Å². The van der Waals surface area contributed by atoms with Crippen molar-refractivity contribution in [2.75, 3.05) is 5.32 Å². The standard InChI is InChI=1S/C13H15BrFN3/c1-9(2)18-8-10(7-17-18)6-16-13-4-3-11(15)5-12(13)14/h3-5,7-9,16H,6H2,1-2H3. The summed E-state index contributed by atoms with van der Waals surface area (Å²) < 4.78 is 15.6. The molecule has 2 aromatic rings. The molecule has 0 aliphatic heterocycles. The van der Waals surface area contributed by atoms with Crippen LogP contribution in [0.4, 0.5) is 10.1 Å². The highest BCUT2D eigenvalue weighted by Gasteiger charge is 2.04. The number of hydrogen-bond donors (Lipinski definition) is 1. The van der Waals surface area contributed by atoms with Gasteiger partial charge in [-0.15, -0.1) is 0 Å². The average Bonchev–Trinajstić information content (AvgIpc) is 2.76. The van der Waals surface area contributed by atoms with Crippen LogP contribution in [0.1, 0.15) is 25.5 Å². The number of benzene rings is 1. The second-order valence-corrected chi connectivity index (χ2v) is 5.25. The maximum atomic E-state index is 12.9. The van der Waals surface area contributed by atoms with Gasteiger partial charge in [0.05, 0.1) is 6.20 Å². The molecule has 1 N–H and O–H groups in total. The molecular formula is C13H15BrFN3. The van der Waals surface area contributed by atoms with Crippen molar-refractivity contribution in [1.29, 1.82) is 0 Å². The normalized spacial score (nSPS) is 10.9. The van der Waals surface area contributed by atoms with E-state index in [4.69, 9.17) is 0 Å². The van der Waals surface area contributed by atoms with Crippen LogP contribution in [-0.2, 0) is 6.54 Å². The van der Waals surface area contributed by atoms with Gasteiger partial charge in [-0.05, 0) is 48.0 Å². The lowest BCUT2D eigenvalue weighted by molar-refractivity contribution is 0.532. The van der Waals surface area contributed by atoms with E-state index >= 15 is 0 Å². The number of nitrogens with zero attached hydrogens (tertiary/aromatic N) is 2. The van der Waals surface area contributed by atoms with E-state index in [1.54, 1.807) is 6.07 Å². The molecule has 2 rings (SSSR count). The molecule has 0 saturated carbocycles. The fourth-order valence-corrected chi connectivity index (χ4v) is 2.07. The third-order valence-electron chi connectivity index (χ3n) is 2.60. The summed E-state index contributed by atoms with van der Waals surface area (Å²) in [6, 6.07) is 4.95. The first-order valence-corrected chi connectivity index (χ1v) is 6.57. The van der Waals surface area contributed by atoms with E-state index < -0.39 is 0 Å². The SMILES string of the molecule is CC(C)n1cc(CNc2ccc(F)cc2Br)cn1. The summed E-state index contributed by atoms with van der Waals surface area (Å²) in [6.07, 6.45) is 3.85. The molecule has 0 aliphatic carbocycles. The first-order valence-electron chi connectivity index (χ1n) is 5.78. The summed E-state index contributed by atoms with van der Waals surface area (Å²) in [6.45, 7) is 4.83. The predicted octanol–water partition coefficient (Wildman–Crippen LogP) is 3.98. The number of anilines is 1. The lowest BCUT2D eigenvalue weighted by atomic mass is 10.3. The highest BCUT2D eigenvalue weighted by Crippen LogP contribution is 2.23. The van der Waals surface area contributed by atoms with Crippen molar-refractivity contribution in [1.82, 2.24) is 9.78 Å². The molecule has 0 spiro atoms. The number of hydrogen-bond acceptors (Lipinski definition) is 2. The first kappa shape index (κ1) is 13.1. The van der Waals surface area contributed by atoms with Gasteiger partial charge >= 0.3 is 0 Å². The fourth-order valence-electron chi connectivity index (χ4n) is 1.58. The van der Waals surface area contributed by atoms with Crippen molar-refractivity contribution in [3.05, 3.63) is 46.4 Å². The highest BCUT2D eigenvalue weighted by atomic mass is 79.9. The number of halogens is 2. The molecule has 0 atom stereocenters. The van der Waals surface area contributed by atoms with Gasteiger partial charge in [-0.25, -0.2) is 4.39 Å². The zero-order chi connectivity index (χ0) is 13.1. The molecule has 3 nitrogen and oxygen atoms in total. The minimum atomic E-state index is -0.250. The van der Waals surface area contributed by atoms with E-state index in [-0.39, 0.29) is 5.82 Å². The van der Waals surface area contributed by atoms with E-state index in [9.17, 15) is 4.39 Å². The van der Waals surface area contributed by atoms with Gasteiger partial charge in [0.25, 0.3) is 0 Å². The molecule has 0 saturated heterocycles. The Bertz CT molecular complexity index is 537. The summed E-state index contributed by atoms with van der Waals surface area (Å²) in [5.74, 6) is -0.250. The summed E-state index contributed by atoms with van der Waals surface area (Å²) in [5.41, 5.74) is 1.97. The van der Waals surface area contributed by atoms with Crippen LogP contribution in [0.2, 0.25) is 0 Å².